The Balaban J connectivity index is 1.20. The van der Waals surface area contributed by atoms with Crippen LogP contribution >= 0.6 is 11.6 Å². The number of amides is 2. The van der Waals surface area contributed by atoms with E-state index in [2.05, 4.69) is 0 Å². The van der Waals surface area contributed by atoms with Gasteiger partial charge in [0.2, 0.25) is 0 Å². The van der Waals surface area contributed by atoms with Crippen molar-refractivity contribution in [2.75, 3.05) is 32.8 Å². The third-order valence-electron chi connectivity index (χ3n) is 8.11. The molecule has 0 aliphatic carbocycles. The van der Waals surface area contributed by atoms with E-state index in [-0.39, 0.29) is 37.6 Å². The van der Waals surface area contributed by atoms with Crippen molar-refractivity contribution < 1.29 is 37.7 Å². The van der Waals surface area contributed by atoms with Crippen molar-refractivity contribution in [3.05, 3.63) is 64.7 Å². The zero-order valence-corrected chi connectivity index (χ0v) is 23.5. The van der Waals surface area contributed by atoms with Gasteiger partial charge in [0.15, 0.2) is 0 Å². The SMILES string of the molecule is O=C(c1ccc(OCCCCC2CCN(C(=O)[C@](O)(c3ccccc3)C(F)(F)F)CC2)cc1Cl)N1CCC[C@H]1CO. The van der Waals surface area contributed by atoms with E-state index < -0.39 is 23.2 Å². The van der Waals surface area contributed by atoms with Crippen LogP contribution in [0.1, 0.15) is 60.9 Å². The molecule has 2 aromatic rings. The van der Waals surface area contributed by atoms with Gasteiger partial charge in [0, 0.05) is 25.2 Å². The van der Waals surface area contributed by atoms with Gasteiger partial charge in [-0.25, -0.2) is 0 Å². The molecule has 11 heteroatoms. The summed E-state index contributed by atoms with van der Waals surface area (Å²) in [7, 11) is 0. The minimum Gasteiger partial charge on any atom is -0.494 e. The van der Waals surface area contributed by atoms with Crippen LogP contribution in [0.3, 0.4) is 0 Å². The Morgan fingerprint density at radius 3 is 2.34 bits per heavy atom. The van der Waals surface area contributed by atoms with Gasteiger partial charge in [-0.1, -0.05) is 48.4 Å². The molecule has 0 radical (unpaired) electrons. The summed E-state index contributed by atoms with van der Waals surface area (Å²) in [5.41, 5.74) is -3.67. The van der Waals surface area contributed by atoms with Gasteiger partial charge in [-0.3, -0.25) is 9.59 Å². The van der Waals surface area contributed by atoms with E-state index in [1.807, 2.05) is 0 Å². The lowest BCUT2D eigenvalue weighted by atomic mass is 9.88. The number of halogens is 4. The van der Waals surface area contributed by atoms with Crippen molar-refractivity contribution >= 4 is 23.4 Å². The lowest BCUT2D eigenvalue weighted by Crippen LogP contribution is -2.57. The molecular formula is C30H36ClF3N2O5. The second-order valence-electron chi connectivity index (χ2n) is 10.8. The van der Waals surface area contributed by atoms with Crippen LogP contribution in [-0.4, -0.2) is 76.9 Å². The molecular weight excluding hydrogens is 561 g/mol. The van der Waals surface area contributed by atoms with Gasteiger partial charge < -0.3 is 24.7 Å². The highest BCUT2D eigenvalue weighted by Gasteiger charge is 2.62. The average Bonchev–Trinajstić information content (AvgIpc) is 3.45. The monoisotopic (exact) mass is 596 g/mol. The smallest absolute Gasteiger partial charge is 0.430 e. The van der Waals surface area contributed by atoms with Gasteiger partial charge in [0.1, 0.15) is 5.75 Å². The highest BCUT2D eigenvalue weighted by molar-refractivity contribution is 6.34. The van der Waals surface area contributed by atoms with Crippen LogP contribution in [0, 0.1) is 5.92 Å². The van der Waals surface area contributed by atoms with Gasteiger partial charge in [-0.15, -0.1) is 0 Å². The fourth-order valence-electron chi connectivity index (χ4n) is 5.67. The number of unbranched alkanes of at least 4 members (excludes halogenated alkanes) is 1. The Hall–Kier alpha value is -2.82. The van der Waals surface area contributed by atoms with Crippen molar-refractivity contribution in [2.24, 2.45) is 5.92 Å². The second kappa shape index (κ2) is 13.4. The van der Waals surface area contributed by atoms with E-state index in [0.717, 1.165) is 49.1 Å². The largest absolute Gasteiger partial charge is 0.494 e. The maximum absolute atomic E-state index is 13.9. The normalized spacial score (nSPS) is 19.7. The van der Waals surface area contributed by atoms with Gasteiger partial charge in [0.05, 0.1) is 29.8 Å². The molecule has 4 rings (SSSR count). The van der Waals surface area contributed by atoms with E-state index >= 15 is 0 Å². The number of aliphatic hydroxyl groups is 2. The molecule has 2 aliphatic rings. The first kappa shape index (κ1) is 31.1. The first-order valence-corrected chi connectivity index (χ1v) is 14.4. The first-order chi connectivity index (χ1) is 19.6. The summed E-state index contributed by atoms with van der Waals surface area (Å²) in [6.07, 6.45) is 0.0604. The van der Waals surface area contributed by atoms with Crippen molar-refractivity contribution in [2.45, 2.75) is 62.8 Å². The summed E-state index contributed by atoms with van der Waals surface area (Å²) in [6, 6.07) is 11.3. The number of aliphatic hydroxyl groups excluding tert-OH is 1. The quantitative estimate of drug-likeness (QED) is 0.369. The number of carbonyl (C=O) groups is 2. The Bertz CT molecular complexity index is 1190. The molecule has 0 saturated carbocycles. The third kappa shape index (κ3) is 6.98. The summed E-state index contributed by atoms with van der Waals surface area (Å²) in [5, 5.41) is 20.3. The molecule has 2 heterocycles. The fourth-order valence-corrected chi connectivity index (χ4v) is 5.92. The Labute approximate surface area is 242 Å². The molecule has 0 unspecified atom stereocenters. The molecule has 7 nitrogen and oxygen atoms in total. The topological polar surface area (TPSA) is 90.3 Å². The molecule has 2 atom stereocenters. The predicted octanol–water partition coefficient (Wildman–Crippen LogP) is 5.17. The van der Waals surface area contributed by atoms with Crippen LogP contribution in [0.2, 0.25) is 5.02 Å². The van der Waals surface area contributed by atoms with Crippen LogP contribution < -0.4 is 4.74 Å². The molecule has 224 valence electrons. The number of carbonyl (C=O) groups excluding carboxylic acids is 2. The van der Waals surface area contributed by atoms with Crippen LogP contribution in [0.25, 0.3) is 0 Å². The molecule has 0 bridgehead atoms. The summed E-state index contributed by atoms with van der Waals surface area (Å²) < 4.78 is 47.4. The molecule has 41 heavy (non-hydrogen) atoms. The first-order valence-electron chi connectivity index (χ1n) is 14.0. The maximum Gasteiger partial charge on any atom is 0.430 e. The van der Waals surface area contributed by atoms with E-state index in [0.29, 0.717) is 42.3 Å². The minimum absolute atomic E-state index is 0.0720. The molecule has 2 amide bonds. The van der Waals surface area contributed by atoms with Crippen molar-refractivity contribution in [3.63, 3.8) is 0 Å². The Morgan fingerprint density at radius 1 is 1.00 bits per heavy atom. The average molecular weight is 597 g/mol. The summed E-state index contributed by atoms with van der Waals surface area (Å²) in [4.78, 5) is 28.5. The van der Waals surface area contributed by atoms with Crippen LogP contribution in [0.4, 0.5) is 13.2 Å². The maximum atomic E-state index is 13.9. The van der Waals surface area contributed by atoms with Gasteiger partial charge in [-0.05, 0) is 62.6 Å². The Morgan fingerprint density at radius 2 is 1.71 bits per heavy atom. The van der Waals surface area contributed by atoms with Crippen LogP contribution in [-0.2, 0) is 10.4 Å². The zero-order valence-electron chi connectivity index (χ0n) is 22.8. The Kier molecular flexibility index (Phi) is 10.2. The second-order valence-corrected chi connectivity index (χ2v) is 11.2. The standard InChI is InChI=1S/C30H36ClF3N2O5/c31-26-19-24(11-12-25(26)27(38)36-15-6-10-23(36)20-37)41-18-5-4-7-21-13-16-35(17-14-21)28(39)29(40,30(32,33)34)22-8-2-1-3-9-22/h1-3,8-9,11-12,19,21,23,37,40H,4-7,10,13-18,20H2/t23-,29+/m0/s1. The lowest BCUT2D eigenvalue weighted by Gasteiger charge is -2.38. The molecule has 2 aromatic carbocycles. The third-order valence-corrected chi connectivity index (χ3v) is 8.42. The number of alkyl halides is 3. The number of likely N-dealkylation sites (tertiary alicyclic amines) is 2. The van der Waals surface area contributed by atoms with Gasteiger partial charge >= 0.3 is 6.18 Å². The van der Waals surface area contributed by atoms with Crippen LogP contribution in [0.15, 0.2) is 48.5 Å². The number of rotatable bonds is 10. The summed E-state index contributed by atoms with van der Waals surface area (Å²) >= 11 is 6.36. The predicted molar refractivity (Wildman–Crippen MR) is 148 cm³/mol. The number of piperidine rings is 1. The van der Waals surface area contributed by atoms with Crippen molar-refractivity contribution in [1.82, 2.24) is 9.80 Å². The van der Waals surface area contributed by atoms with Gasteiger partial charge in [0.25, 0.3) is 17.4 Å². The highest BCUT2D eigenvalue weighted by Crippen LogP contribution is 2.41. The van der Waals surface area contributed by atoms with Gasteiger partial charge in [-0.2, -0.15) is 13.2 Å². The number of benzene rings is 2. The van der Waals surface area contributed by atoms with Crippen molar-refractivity contribution in [1.29, 1.82) is 0 Å². The van der Waals surface area contributed by atoms with E-state index in [9.17, 15) is 33.0 Å². The van der Waals surface area contributed by atoms with E-state index in [1.165, 1.54) is 18.2 Å². The van der Waals surface area contributed by atoms with E-state index in [4.69, 9.17) is 16.3 Å². The summed E-state index contributed by atoms with van der Waals surface area (Å²) in [6.45, 7) is 1.28. The molecule has 2 N–H and O–H groups in total. The molecule has 2 aliphatic heterocycles. The number of hydrogen-bond acceptors (Lipinski definition) is 5. The molecule has 0 spiro atoms. The van der Waals surface area contributed by atoms with Crippen LogP contribution in [0.5, 0.6) is 5.75 Å². The van der Waals surface area contributed by atoms with Crippen molar-refractivity contribution in [3.8, 4) is 5.75 Å². The minimum atomic E-state index is -5.14. The molecule has 0 aromatic heterocycles. The number of ether oxygens (including phenoxy) is 1. The number of nitrogens with zero attached hydrogens (tertiary/aromatic N) is 2. The molecule has 2 saturated heterocycles. The lowest BCUT2D eigenvalue weighted by molar-refractivity contribution is -0.262. The molecule has 2 fully saturated rings. The van der Waals surface area contributed by atoms with E-state index in [1.54, 1.807) is 23.1 Å². The highest BCUT2D eigenvalue weighted by atomic mass is 35.5. The summed E-state index contributed by atoms with van der Waals surface area (Å²) in [5.74, 6) is -0.714. The zero-order chi connectivity index (χ0) is 29.6. The number of hydrogen-bond donors (Lipinski definition) is 2. The fraction of sp³-hybridized carbons (Fsp3) is 0.533.